The molecule has 21 heavy (non-hydrogen) atoms. The van der Waals surface area contributed by atoms with Gasteiger partial charge in [0.25, 0.3) is 0 Å². The van der Waals surface area contributed by atoms with E-state index in [4.69, 9.17) is 8.85 Å². The first-order valence-corrected chi connectivity index (χ1v) is 10.8. The fraction of sp³-hybridized carbons (Fsp3) is 1.00. The monoisotopic (exact) mass is 314 g/mol. The molecular weight excluding hydrogens is 276 g/mol. The van der Waals surface area contributed by atoms with Crippen LogP contribution in [0, 0.1) is 17.8 Å². The van der Waals surface area contributed by atoms with Gasteiger partial charge < -0.3 is 8.85 Å². The molecule has 0 bridgehead atoms. The lowest BCUT2D eigenvalue weighted by molar-refractivity contribution is 0.134. The van der Waals surface area contributed by atoms with E-state index in [0.29, 0.717) is 23.3 Å². The lowest BCUT2D eigenvalue weighted by atomic mass is 9.83. The van der Waals surface area contributed by atoms with Gasteiger partial charge in [0, 0.05) is 24.8 Å². The van der Waals surface area contributed by atoms with E-state index in [1.165, 1.54) is 32.1 Å². The van der Waals surface area contributed by atoms with Gasteiger partial charge in [-0.1, -0.05) is 73.6 Å². The van der Waals surface area contributed by atoms with Crippen molar-refractivity contribution in [2.24, 2.45) is 17.8 Å². The average molecular weight is 315 g/mol. The molecule has 3 heteroatoms. The lowest BCUT2D eigenvalue weighted by Gasteiger charge is -2.53. The standard InChI is InChI=1S/C18H38O2Si/c1-9-11-16(4)18(5,6)21(19-7,20-8)17-14(2)12-10-13-15(17)3/h14-17H,9-13H2,1-8H3. The molecule has 0 spiro atoms. The summed E-state index contributed by atoms with van der Waals surface area (Å²) in [5, 5.41) is 0.136. The van der Waals surface area contributed by atoms with Crippen LogP contribution in [0.4, 0.5) is 0 Å². The molecule has 1 rings (SSSR count). The Hall–Kier alpha value is 0.137. The predicted octanol–water partition coefficient (Wildman–Crippen LogP) is 5.76. The molecule has 0 heterocycles. The van der Waals surface area contributed by atoms with E-state index in [-0.39, 0.29) is 5.04 Å². The highest BCUT2D eigenvalue weighted by Gasteiger charge is 2.61. The third-order valence-electron chi connectivity index (χ3n) is 6.44. The smallest absolute Gasteiger partial charge is 0.347 e. The SMILES string of the molecule is CCCC(C)C(C)(C)[Si](OC)(OC)C1C(C)CCCC1C. The van der Waals surface area contributed by atoms with E-state index in [1.807, 2.05) is 14.2 Å². The van der Waals surface area contributed by atoms with Crippen molar-refractivity contribution < 1.29 is 8.85 Å². The summed E-state index contributed by atoms with van der Waals surface area (Å²) in [6.07, 6.45) is 6.51. The first-order valence-electron chi connectivity index (χ1n) is 8.88. The minimum Gasteiger partial charge on any atom is -0.397 e. The summed E-state index contributed by atoms with van der Waals surface area (Å²) in [5.74, 6) is 2.07. The largest absolute Gasteiger partial charge is 0.397 e. The van der Waals surface area contributed by atoms with E-state index < -0.39 is 8.56 Å². The molecule has 126 valence electrons. The van der Waals surface area contributed by atoms with Crippen LogP contribution in [0.1, 0.15) is 73.6 Å². The third-order valence-corrected chi connectivity index (χ3v) is 12.0. The summed E-state index contributed by atoms with van der Waals surface area (Å²) in [7, 11) is 1.52. The molecule has 0 amide bonds. The van der Waals surface area contributed by atoms with Crippen LogP contribution in [-0.2, 0) is 8.85 Å². The summed E-state index contributed by atoms with van der Waals surface area (Å²) in [4.78, 5) is 0. The molecule has 1 aliphatic rings. The molecule has 1 saturated carbocycles. The Morgan fingerprint density at radius 2 is 1.57 bits per heavy atom. The Morgan fingerprint density at radius 1 is 1.10 bits per heavy atom. The van der Waals surface area contributed by atoms with E-state index in [1.54, 1.807) is 0 Å². The van der Waals surface area contributed by atoms with Gasteiger partial charge in [-0.15, -0.1) is 0 Å². The second kappa shape index (κ2) is 7.61. The molecule has 3 atom stereocenters. The van der Waals surface area contributed by atoms with Crippen LogP contribution in [-0.4, -0.2) is 22.8 Å². The van der Waals surface area contributed by atoms with E-state index in [2.05, 4.69) is 41.5 Å². The molecule has 0 aromatic carbocycles. The number of hydrogen-bond acceptors (Lipinski definition) is 2. The maximum atomic E-state index is 6.32. The Morgan fingerprint density at radius 3 is 1.95 bits per heavy atom. The zero-order valence-corrected chi connectivity index (χ0v) is 16.7. The number of hydrogen-bond donors (Lipinski definition) is 0. The van der Waals surface area contributed by atoms with Gasteiger partial charge in [-0.25, -0.2) is 0 Å². The highest BCUT2D eigenvalue weighted by Crippen LogP contribution is 2.58. The van der Waals surface area contributed by atoms with Crippen LogP contribution in [0.25, 0.3) is 0 Å². The average Bonchev–Trinajstić information content (AvgIpc) is 2.43. The highest BCUT2D eigenvalue weighted by molar-refractivity contribution is 6.72. The molecule has 0 aromatic heterocycles. The second-order valence-electron chi connectivity index (χ2n) is 7.90. The lowest BCUT2D eigenvalue weighted by Crippen LogP contribution is -2.59. The molecule has 1 aliphatic carbocycles. The van der Waals surface area contributed by atoms with Gasteiger partial charge in [-0.3, -0.25) is 0 Å². The topological polar surface area (TPSA) is 18.5 Å². The van der Waals surface area contributed by atoms with Crippen LogP contribution in [0.15, 0.2) is 0 Å². The maximum absolute atomic E-state index is 6.32. The summed E-state index contributed by atoms with van der Waals surface area (Å²) >= 11 is 0. The molecule has 0 aromatic rings. The van der Waals surface area contributed by atoms with Crippen molar-refractivity contribution in [2.45, 2.75) is 84.2 Å². The van der Waals surface area contributed by atoms with Gasteiger partial charge in [-0.2, -0.15) is 0 Å². The Bertz CT molecular complexity index is 302. The molecule has 0 aliphatic heterocycles. The Balaban J connectivity index is 3.22. The van der Waals surface area contributed by atoms with Gasteiger partial charge in [0.2, 0.25) is 0 Å². The predicted molar refractivity (Wildman–Crippen MR) is 93.8 cm³/mol. The summed E-state index contributed by atoms with van der Waals surface area (Å²) in [6, 6.07) is 0. The minimum atomic E-state index is -2.30. The number of rotatable bonds is 7. The first kappa shape index (κ1) is 19.2. The quantitative estimate of drug-likeness (QED) is 0.556. The van der Waals surface area contributed by atoms with Gasteiger partial charge in [-0.05, 0) is 17.8 Å². The van der Waals surface area contributed by atoms with Crippen LogP contribution >= 0.6 is 0 Å². The fourth-order valence-electron chi connectivity index (χ4n) is 4.88. The van der Waals surface area contributed by atoms with Crippen molar-refractivity contribution in [3.8, 4) is 0 Å². The van der Waals surface area contributed by atoms with Crippen molar-refractivity contribution in [3.63, 3.8) is 0 Å². The summed E-state index contributed by atoms with van der Waals surface area (Å²) in [6.45, 7) is 14.3. The zero-order valence-electron chi connectivity index (χ0n) is 15.7. The van der Waals surface area contributed by atoms with Gasteiger partial charge in [0.05, 0.1) is 0 Å². The van der Waals surface area contributed by atoms with Crippen LogP contribution in [0.3, 0.4) is 0 Å². The van der Waals surface area contributed by atoms with Crippen molar-refractivity contribution >= 4 is 8.56 Å². The van der Waals surface area contributed by atoms with E-state index >= 15 is 0 Å². The van der Waals surface area contributed by atoms with E-state index in [9.17, 15) is 0 Å². The molecule has 0 radical (unpaired) electrons. The summed E-state index contributed by atoms with van der Waals surface area (Å²) < 4.78 is 12.6. The van der Waals surface area contributed by atoms with Crippen LogP contribution in [0.5, 0.6) is 0 Å². The molecule has 3 unspecified atom stereocenters. The Kier molecular flexibility index (Phi) is 6.95. The molecule has 2 nitrogen and oxygen atoms in total. The van der Waals surface area contributed by atoms with Crippen molar-refractivity contribution in [2.75, 3.05) is 14.2 Å². The molecule has 0 N–H and O–H groups in total. The minimum absolute atomic E-state index is 0.136. The Labute approximate surface area is 134 Å². The van der Waals surface area contributed by atoms with Crippen LogP contribution < -0.4 is 0 Å². The summed E-state index contributed by atoms with van der Waals surface area (Å²) in [5.41, 5.74) is 0.607. The maximum Gasteiger partial charge on any atom is 0.347 e. The normalized spacial score (nSPS) is 29.4. The van der Waals surface area contributed by atoms with Gasteiger partial charge in [0.1, 0.15) is 0 Å². The zero-order chi connectivity index (χ0) is 16.3. The fourth-order valence-corrected chi connectivity index (χ4v) is 10.2. The highest BCUT2D eigenvalue weighted by atomic mass is 28.4. The second-order valence-corrected chi connectivity index (χ2v) is 12.0. The molecule has 1 fully saturated rings. The molecular formula is C18H38O2Si. The van der Waals surface area contributed by atoms with E-state index in [0.717, 1.165) is 0 Å². The molecule has 0 saturated heterocycles. The van der Waals surface area contributed by atoms with Crippen LogP contribution in [0.2, 0.25) is 10.6 Å². The first-order chi connectivity index (χ1) is 9.78. The van der Waals surface area contributed by atoms with Crippen molar-refractivity contribution in [1.29, 1.82) is 0 Å². The van der Waals surface area contributed by atoms with Crippen molar-refractivity contribution in [1.82, 2.24) is 0 Å². The van der Waals surface area contributed by atoms with Gasteiger partial charge in [0.15, 0.2) is 0 Å². The third kappa shape index (κ3) is 3.40. The van der Waals surface area contributed by atoms with Gasteiger partial charge >= 0.3 is 8.56 Å². The van der Waals surface area contributed by atoms with Crippen molar-refractivity contribution in [3.05, 3.63) is 0 Å².